The summed E-state index contributed by atoms with van der Waals surface area (Å²) in [7, 11) is 2.29. The second-order valence-electron chi connectivity index (χ2n) is 19.1. The third-order valence-electron chi connectivity index (χ3n) is 16.4. The Morgan fingerprint density at radius 3 is 1.88 bits per heavy atom. The predicted molar refractivity (Wildman–Crippen MR) is 198 cm³/mol. The monoisotopic (exact) mass is 840 g/mol. The molecule has 1 radical (unpaired) electrons. The zero-order valence-electron chi connectivity index (χ0n) is 32.1. The summed E-state index contributed by atoms with van der Waals surface area (Å²) >= 11 is 0. The van der Waals surface area contributed by atoms with Crippen molar-refractivity contribution < 1.29 is 76.1 Å². The van der Waals surface area contributed by atoms with Crippen LogP contribution in [0.3, 0.4) is 0 Å². The van der Waals surface area contributed by atoms with Crippen LogP contribution in [0.1, 0.15) is 107 Å². The molecule has 12 nitrogen and oxygen atoms in total. The van der Waals surface area contributed by atoms with Gasteiger partial charge in [0.05, 0.1) is 47.7 Å². The maximum atomic E-state index is 12.9. The molecule has 13 heteroatoms. The molecule has 6 N–H and O–H groups in total. The number of quaternary nitrogens is 1. The molecule has 4 heterocycles. The van der Waals surface area contributed by atoms with Gasteiger partial charge in [-0.2, -0.15) is 0 Å². The number of likely N-dealkylation sites (N-methyl/N-ethyl adjacent to an activating group) is 1. The van der Waals surface area contributed by atoms with E-state index in [0.717, 1.165) is 77.6 Å². The number of primary amides is 2. The fraction of sp³-hybridized carbons (Fsp3) is 0.628. The first kappa shape index (κ1) is 37.5. The molecule has 2 amide bonds. The van der Waals surface area contributed by atoms with Gasteiger partial charge < -0.3 is 35.6 Å². The van der Waals surface area contributed by atoms with E-state index in [1.54, 1.807) is 12.1 Å². The quantitative estimate of drug-likeness (QED) is 0.317. The second kappa shape index (κ2) is 12.2. The number of hydrogen-bond acceptors (Lipinski definition) is 9. The van der Waals surface area contributed by atoms with E-state index in [-0.39, 0.29) is 56.4 Å². The van der Waals surface area contributed by atoms with Crippen LogP contribution in [-0.4, -0.2) is 112 Å². The van der Waals surface area contributed by atoms with Gasteiger partial charge in [0.25, 0.3) is 11.8 Å². The van der Waals surface area contributed by atoms with Crippen molar-refractivity contribution in [3.63, 3.8) is 0 Å². The Labute approximate surface area is 351 Å². The Morgan fingerprint density at radius 2 is 1.32 bits per heavy atom. The average molecular weight is 841 g/mol. The summed E-state index contributed by atoms with van der Waals surface area (Å²) in [4.78, 5) is 52.2. The Bertz CT molecular complexity index is 2140. The van der Waals surface area contributed by atoms with Gasteiger partial charge in [0.15, 0.2) is 23.8 Å². The molecule has 6 fully saturated rings. The number of likely N-dealkylation sites (tertiary alicyclic amines) is 2. The number of amides is 2. The fourth-order valence-corrected chi connectivity index (χ4v) is 13.6. The molecule has 4 bridgehead atoms. The minimum Gasteiger partial charge on any atom is -0.480 e. The van der Waals surface area contributed by atoms with Gasteiger partial charge in [-0.05, 0) is 87.1 Å². The molecule has 2 saturated heterocycles. The third kappa shape index (κ3) is 4.63. The Balaban J connectivity index is 0.000000135. The van der Waals surface area contributed by atoms with E-state index in [1.165, 1.54) is 25.7 Å². The SMILES string of the molecule is C[N+]1(CC2CC2)CCC23c4c5ccc(C(N)=O)c4OC2C(=O)CCC3(O)C1C5.NC(=O)c1ccc2c3c1OC1C(=O)CCC4(O)C(C2)N(CC2CC2)CCC314.[Y]. The van der Waals surface area contributed by atoms with E-state index < -0.39 is 46.1 Å². The van der Waals surface area contributed by atoms with Gasteiger partial charge in [-0.15, -0.1) is 0 Å². The van der Waals surface area contributed by atoms with E-state index in [9.17, 15) is 29.4 Å². The molecule has 2 aromatic carbocycles. The van der Waals surface area contributed by atoms with Crippen LogP contribution >= 0.6 is 0 Å². The van der Waals surface area contributed by atoms with Gasteiger partial charge >= 0.3 is 0 Å². The summed E-state index contributed by atoms with van der Waals surface area (Å²) < 4.78 is 13.2. The van der Waals surface area contributed by atoms with Crippen LogP contribution < -0.4 is 20.9 Å². The van der Waals surface area contributed by atoms with E-state index >= 15 is 0 Å². The van der Waals surface area contributed by atoms with E-state index in [0.29, 0.717) is 61.2 Å². The van der Waals surface area contributed by atoms with Crippen LogP contribution in [0.5, 0.6) is 11.5 Å². The van der Waals surface area contributed by atoms with Crippen molar-refractivity contribution in [3.8, 4) is 11.5 Å². The molecule has 293 valence electrons. The molecule has 4 aliphatic heterocycles. The van der Waals surface area contributed by atoms with Gasteiger partial charge in [0.1, 0.15) is 23.1 Å². The zero-order chi connectivity index (χ0) is 38.0. The van der Waals surface area contributed by atoms with Gasteiger partial charge in [0.2, 0.25) is 0 Å². The first-order valence-electron chi connectivity index (χ1n) is 20.6. The minimum absolute atomic E-state index is 0. The molecule has 12 rings (SSSR count). The van der Waals surface area contributed by atoms with Gasteiger partial charge in [0, 0.05) is 88.0 Å². The molecule has 9 unspecified atom stereocenters. The molecule has 10 aliphatic rings. The van der Waals surface area contributed by atoms with Crippen molar-refractivity contribution in [2.24, 2.45) is 23.3 Å². The van der Waals surface area contributed by atoms with Gasteiger partial charge in [-0.3, -0.25) is 24.1 Å². The number of Topliss-reactive ketones (excluding diaryl/α,β-unsaturated/α-hetero) is 2. The predicted octanol–water partition coefficient (Wildman–Crippen LogP) is 1.98. The van der Waals surface area contributed by atoms with Crippen LogP contribution in [0, 0.1) is 11.8 Å². The number of rotatable bonds is 6. The Morgan fingerprint density at radius 1 is 0.786 bits per heavy atom. The topological polar surface area (TPSA) is 182 Å². The van der Waals surface area contributed by atoms with Crippen molar-refractivity contribution >= 4 is 23.4 Å². The zero-order valence-corrected chi connectivity index (χ0v) is 34.9. The molecule has 2 spiro atoms. The number of benzene rings is 2. The smallest absolute Gasteiger partial charge is 0.252 e. The van der Waals surface area contributed by atoms with E-state index in [2.05, 4.69) is 11.9 Å². The molecular weight excluding hydrogens is 789 g/mol. The summed E-state index contributed by atoms with van der Waals surface area (Å²) in [5.74, 6) is 1.40. The van der Waals surface area contributed by atoms with Crippen molar-refractivity contribution in [1.82, 2.24) is 4.90 Å². The summed E-state index contributed by atoms with van der Waals surface area (Å²) in [5.41, 5.74) is 12.4. The maximum absolute atomic E-state index is 12.9. The maximum Gasteiger partial charge on any atom is 0.252 e. The normalized spacial score (nSPS) is 40.2. The van der Waals surface area contributed by atoms with Crippen molar-refractivity contribution in [2.45, 2.75) is 123 Å². The van der Waals surface area contributed by atoms with Gasteiger partial charge in [-0.1, -0.05) is 12.1 Å². The number of carbonyl (C=O) groups excluding carboxylic acids is 4. The first-order valence-corrected chi connectivity index (χ1v) is 20.6. The number of ketones is 2. The Hall–Kier alpha value is -2.74. The number of nitrogens with two attached hydrogens (primary N) is 2. The standard InChI is InChI=1S/C22H26N2O4.C21H24N2O4.Y/c1-24(11-12-2-3-12)9-8-21-17-13-4-5-14(20(23)26)18(17)28-19(21)15(25)6-7-22(21,27)16(24)10-13;22-19(25)13-4-3-12-9-15-21(26)6-5-14(24)18-20(21,16(12)17(13)27-18)7-8-23(15)10-11-1-2-11;/h4-5,12,16,19,27H,2-3,6-11H2,1H3,(H-,23,26);3-4,11,15,18,26H,1-2,5-10H2,(H2,22,25);/p+1. The summed E-state index contributed by atoms with van der Waals surface area (Å²) in [6, 6.07) is 7.45. The third-order valence-corrected chi connectivity index (χ3v) is 16.4. The van der Waals surface area contributed by atoms with Crippen LogP contribution in [0.2, 0.25) is 0 Å². The van der Waals surface area contributed by atoms with Gasteiger partial charge in [-0.25, -0.2) is 0 Å². The molecule has 0 aromatic heterocycles. The van der Waals surface area contributed by atoms with Crippen LogP contribution in [0.15, 0.2) is 24.3 Å². The van der Waals surface area contributed by atoms with Crippen molar-refractivity contribution in [2.75, 3.05) is 33.2 Å². The van der Waals surface area contributed by atoms with Crippen LogP contribution in [0.4, 0.5) is 0 Å². The number of ether oxygens (including phenoxy) is 2. The fourth-order valence-electron chi connectivity index (χ4n) is 13.6. The van der Waals surface area contributed by atoms with Crippen LogP contribution in [0.25, 0.3) is 0 Å². The summed E-state index contributed by atoms with van der Waals surface area (Å²) in [5, 5.41) is 24.3. The van der Waals surface area contributed by atoms with Crippen molar-refractivity contribution in [1.29, 1.82) is 0 Å². The largest absolute Gasteiger partial charge is 0.480 e. The molecule has 4 saturated carbocycles. The number of piperidine rings is 2. The van der Waals surface area contributed by atoms with Crippen LogP contribution in [-0.2, 0) is 66.0 Å². The number of aliphatic hydroxyl groups is 2. The molecule has 9 atom stereocenters. The average Bonchev–Trinajstić information content (AvgIpc) is 4.07. The summed E-state index contributed by atoms with van der Waals surface area (Å²) in [6.07, 6.45) is 8.23. The van der Waals surface area contributed by atoms with E-state index in [1.807, 2.05) is 12.1 Å². The number of hydrogen-bond donors (Lipinski definition) is 4. The molecule has 2 aromatic rings. The molecule has 56 heavy (non-hydrogen) atoms. The second-order valence-corrected chi connectivity index (χ2v) is 19.1. The molecular formula is C43H51N4O8Y+. The number of nitrogens with zero attached hydrogens (tertiary/aromatic N) is 2. The van der Waals surface area contributed by atoms with Crippen molar-refractivity contribution in [3.05, 3.63) is 57.6 Å². The number of carbonyl (C=O) groups is 4. The Kier molecular flexibility index (Phi) is 8.15. The molecule has 6 aliphatic carbocycles. The summed E-state index contributed by atoms with van der Waals surface area (Å²) in [6.45, 7) is 3.92. The minimum atomic E-state index is -0.993. The first-order chi connectivity index (χ1) is 26.3. The van der Waals surface area contributed by atoms with E-state index in [4.69, 9.17) is 20.9 Å².